The monoisotopic (exact) mass is 267 g/mol. The Morgan fingerprint density at radius 3 is 3.00 bits per heavy atom. The number of hydrogen-bond acceptors (Lipinski definition) is 4. The number of rotatable bonds is 5. The highest BCUT2D eigenvalue weighted by Gasteiger charge is 2.20. The molecule has 0 saturated carbocycles. The molecule has 1 N–H and O–H groups in total. The second kappa shape index (κ2) is 6.53. The maximum Gasteiger partial charge on any atom is 0.185 e. The van der Waals surface area contributed by atoms with Crippen LogP contribution in [0.25, 0.3) is 0 Å². The molecule has 2 rings (SSSR count). The Hall–Kier alpha value is -0.610. The van der Waals surface area contributed by atoms with Gasteiger partial charge in [0.2, 0.25) is 0 Å². The third-order valence-corrected chi connectivity index (χ3v) is 4.68. The molecule has 1 unspecified atom stereocenters. The molecule has 1 aliphatic rings. The molecule has 0 amide bonds. The fourth-order valence-corrected chi connectivity index (χ4v) is 3.75. The summed E-state index contributed by atoms with van der Waals surface area (Å²) < 4.78 is 0. The summed E-state index contributed by atoms with van der Waals surface area (Å²) in [5.41, 5.74) is 1.31. The molecule has 0 aliphatic carbocycles. The van der Waals surface area contributed by atoms with Gasteiger partial charge in [-0.3, -0.25) is 0 Å². The molecule has 1 atom stereocenters. The van der Waals surface area contributed by atoms with Gasteiger partial charge < -0.3 is 10.2 Å². The number of nitrogens with zero attached hydrogens (tertiary/aromatic N) is 2. The lowest BCUT2D eigenvalue weighted by Gasteiger charge is -2.30. The van der Waals surface area contributed by atoms with Gasteiger partial charge in [-0.15, -0.1) is 11.3 Å². The smallest absolute Gasteiger partial charge is 0.185 e. The largest absolute Gasteiger partial charge is 0.348 e. The molecule has 102 valence electrons. The topological polar surface area (TPSA) is 28.2 Å². The van der Waals surface area contributed by atoms with E-state index in [1.165, 1.54) is 48.1 Å². The van der Waals surface area contributed by atoms with Crippen LogP contribution < -0.4 is 10.2 Å². The molecular formula is C14H25N3S. The van der Waals surface area contributed by atoms with E-state index in [-0.39, 0.29) is 0 Å². The van der Waals surface area contributed by atoms with Crippen molar-refractivity contribution in [3.63, 3.8) is 0 Å². The van der Waals surface area contributed by atoms with Crippen molar-refractivity contribution in [2.75, 3.05) is 25.0 Å². The van der Waals surface area contributed by atoms with Crippen LogP contribution in [0.2, 0.25) is 0 Å². The molecule has 1 aliphatic heterocycles. The molecule has 3 nitrogen and oxygen atoms in total. The zero-order valence-corrected chi connectivity index (χ0v) is 12.6. The average Bonchev–Trinajstić information content (AvgIpc) is 2.74. The zero-order valence-electron chi connectivity index (χ0n) is 11.8. The van der Waals surface area contributed by atoms with Crippen molar-refractivity contribution in [1.29, 1.82) is 0 Å². The summed E-state index contributed by atoms with van der Waals surface area (Å²) in [4.78, 5) is 8.79. The Bertz CT molecular complexity index is 352. The Morgan fingerprint density at radius 2 is 2.33 bits per heavy atom. The van der Waals surface area contributed by atoms with Crippen LogP contribution >= 0.6 is 11.3 Å². The van der Waals surface area contributed by atoms with Crippen LogP contribution in [0.1, 0.15) is 43.7 Å². The van der Waals surface area contributed by atoms with Gasteiger partial charge in [0.05, 0.1) is 5.69 Å². The Kier molecular flexibility index (Phi) is 5.01. The van der Waals surface area contributed by atoms with E-state index < -0.39 is 0 Å². The minimum atomic E-state index is 0.810. The highest BCUT2D eigenvalue weighted by molar-refractivity contribution is 7.15. The molecule has 4 heteroatoms. The molecule has 1 aromatic rings. The third-order valence-electron chi connectivity index (χ3n) is 3.52. The molecule has 2 heterocycles. The van der Waals surface area contributed by atoms with Crippen LogP contribution in [0.3, 0.4) is 0 Å². The Labute approximate surface area is 115 Å². The van der Waals surface area contributed by atoms with Gasteiger partial charge in [0.1, 0.15) is 0 Å². The molecule has 1 aromatic heterocycles. The summed E-state index contributed by atoms with van der Waals surface area (Å²) in [7, 11) is 2.01. The zero-order chi connectivity index (χ0) is 13.0. The van der Waals surface area contributed by atoms with Gasteiger partial charge in [-0.25, -0.2) is 4.98 Å². The minimum absolute atomic E-state index is 0.810. The van der Waals surface area contributed by atoms with Gasteiger partial charge in [-0.1, -0.05) is 20.3 Å². The van der Waals surface area contributed by atoms with E-state index in [2.05, 4.69) is 24.1 Å². The van der Waals surface area contributed by atoms with Crippen molar-refractivity contribution < 1.29 is 0 Å². The van der Waals surface area contributed by atoms with Gasteiger partial charge in [0.25, 0.3) is 0 Å². The average molecular weight is 267 g/mol. The summed E-state index contributed by atoms with van der Waals surface area (Å²) >= 11 is 1.88. The fourth-order valence-electron chi connectivity index (χ4n) is 2.60. The van der Waals surface area contributed by atoms with Crippen LogP contribution in [-0.2, 0) is 13.0 Å². The first-order valence-corrected chi connectivity index (χ1v) is 7.94. The summed E-state index contributed by atoms with van der Waals surface area (Å²) in [5, 5.41) is 4.51. The minimum Gasteiger partial charge on any atom is -0.348 e. The van der Waals surface area contributed by atoms with Crippen molar-refractivity contribution >= 4 is 16.5 Å². The van der Waals surface area contributed by atoms with Crippen LogP contribution in [0.5, 0.6) is 0 Å². The normalized spacial score (nSPS) is 20.4. The predicted octanol–water partition coefficient (Wildman–Crippen LogP) is 3.05. The standard InChI is InChI=1S/C14H25N3S/c1-4-6-12-13(9-15-3)18-14(16-12)17-8-5-7-11(2)10-17/h11,15H,4-10H2,1-3H3. The van der Waals surface area contributed by atoms with E-state index in [4.69, 9.17) is 4.98 Å². The Morgan fingerprint density at radius 1 is 1.50 bits per heavy atom. The van der Waals surface area contributed by atoms with Gasteiger partial charge in [0.15, 0.2) is 5.13 Å². The molecule has 1 fully saturated rings. The molecular weight excluding hydrogens is 242 g/mol. The number of aromatic nitrogens is 1. The molecule has 0 spiro atoms. The summed E-state index contributed by atoms with van der Waals surface area (Å²) in [5.74, 6) is 0.810. The summed E-state index contributed by atoms with van der Waals surface area (Å²) in [6, 6.07) is 0. The maximum atomic E-state index is 4.88. The SMILES string of the molecule is CCCc1nc(N2CCCC(C)C2)sc1CNC. The maximum absolute atomic E-state index is 4.88. The fraction of sp³-hybridized carbons (Fsp3) is 0.786. The molecule has 0 aromatic carbocycles. The lowest BCUT2D eigenvalue weighted by Crippen LogP contribution is -2.34. The van der Waals surface area contributed by atoms with Gasteiger partial charge in [-0.2, -0.15) is 0 Å². The number of anilines is 1. The molecule has 0 bridgehead atoms. The van der Waals surface area contributed by atoms with E-state index in [9.17, 15) is 0 Å². The van der Waals surface area contributed by atoms with E-state index in [1.54, 1.807) is 0 Å². The predicted molar refractivity (Wildman–Crippen MR) is 79.5 cm³/mol. The van der Waals surface area contributed by atoms with Crippen molar-refractivity contribution in [2.24, 2.45) is 5.92 Å². The Balaban J connectivity index is 2.14. The third kappa shape index (κ3) is 3.23. The summed E-state index contributed by atoms with van der Waals surface area (Å²) in [6.45, 7) is 7.89. The molecule has 0 radical (unpaired) electrons. The van der Waals surface area contributed by atoms with Crippen molar-refractivity contribution in [3.05, 3.63) is 10.6 Å². The molecule has 18 heavy (non-hydrogen) atoms. The number of thiazole rings is 1. The number of hydrogen-bond donors (Lipinski definition) is 1. The van der Waals surface area contributed by atoms with E-state index in [0.717, 1.165) is 18.9 Å². The molecule has 1 saturated heterocycles. The lowest BCUT2D eigenvalue weighted by atomic mass is 10.0. The first kappa shape index (κ1) is 13.8. The van der Waals surface area contributed by atoms with E-state index in [0.29, 0.717) is 0 Å². The van der Waals surface area contributed by atoms with Crippen LogP contribution in [-0.4, -0.2) is 25.1 Å². The van der Waals surface area contributed by atoms with Gasteiger partial charge in [-0.05, 0) is 32.2 Å². The summed E-state index contributed by atoms with van der Waals surface area (Å²) in [6.07, 6.45) is 4.96. The second-order valence-corrected chi connectivity index (χ2v) is 6.40. The van der Waals surface area contributed by atoms with E-state index >= 15 is 0 Å². The highest BCUT2D eigenvalue weighted by atomic mass is 32.1. The first-order chi connectivity index (χ1) is 8.74. The number of piperidine rings is 1. The van der Waals surface area contributed by atoms with Crippen LogP contribution in [0, 0.1) is 5.92 Å². The van der Waals surface area contributed by atoms with Crippen molar-refractivity contribution in [1.82, 2.24) is 10.3 Å². The quantitative estimate of drug-likeness (QED) is 0.889. The number of aryl methyl sites for hydroxylation is 1. The van der Waals surface area contributed by atoms with Crippen LogP contribution in [0.4, 0.5) is 5.13 Å². The highest BCUT2D eigenvalue weighted by Crippen LogP contribution is 2.30. The van der Waals surface area contributed by atoms with Gasteiger partial charge >= 0.3 is 0 Å². The van der Waals surface area contributed by atoms with Gasteiger partial charge in [0, 0.05) is 24.5 Å². The van der Waals surface area contributed by atoms with Crippen molar-refractivity contribution in [3.8, 4) is 0 Å². The second-order valence-electron chi connectivity index (χ2n) is 5.34. The van der Waals surface area contributed by atoms with E-state index in [1.807, 2.05) is 18.4 Å². The lowest BCUT2D eigenvalue weighted by molar-refractivity contribution is 0.446. The van der Waals surface area contributed by atoms with Crippen molar-refractivity contribution in [2.45, 2.75) is 46.1 Å². The van der Waals surface area contributed by atoms with Crippen LogP contribution in [0.15, 0.2) is 0 Å². The first-order valence-electron chi connectivity index (χ1n) is 7.12. The number of nitrogens with one attached hydrogen (secondary N) is 1.